The van der Waals surface area contributed by atoms with Gasteiger partial charge in [0.25, 0.3) is 0 Å². The fourth-order valence-electron chi connectivity index (χ4n) is 3.69. The van der Waals surface area contributed by atoms with Crippen molar-refractivity contribution in [2.45, 2.75) is 44.9 Å². The molecule has 0 spiro atoms. The van der Waals surface area contributed by atoms with Gasteiger partial charge < -0.3 is 5.73 Å². The molecule has 108 valence electrons. The van der Waals surface area contributed by atoms with Crippen molar-refractivity contribution in [1.82, 2.24) is 0 Å². The van der Waals surface area contributed by atoms with Crippen molar-refractivity contribution in [3.05, 3.63) is 50.9 Å². The maximum Gasteiger partial charge on any atom is 0.196 e. The highest BCUT2D eigenvalue weighted by Gasteiger charge is 2.26. The number of anilines is 1. The summed E-state index contributed by atoms with van der Waals surface area (Å²) in [7, 11) is 0. The second-order valence-corrected chi connectivity index (χ2v) is 7.25. The summed E-state index contributed by atoms with van der Waals surface area (Å²) in [5, 5.41) is 0.711. The molecule has 0 aliphatic heterocycles. The summed E-state index contributed by atoms with van der Waals surface area (Å²) in [6.07, 6.45) is 8.02. The number of rotatable bonds is 2. The van der Waals surface area contributed by atoms with Gasteiger partial charge in [0, 0.05) is 10.4 Å². The molecular weight excluding hydrogens is 278 g/mol. The van der Waals surface area contributed by atoms with Gasteiger partial charge in [-0.15, -0.1) is 11.3 Å². The Hall–Kier alpha value is -1.61. The van der Waals surface area contributed by atoms with E-state index in [4.69, 9.17) is 5.73 Å². The van der Waals surface area contributed by atoms with E-state index in [1.165, 1.54) is 34.4 Å². The summed E-state index contributed by atoms with van der Waals surface area (Å²) in [5.41, 5.74) is 11.7. The number of fused-ring (bicyclic) bond motifs is 2. The highest BCUT2D eigenvalue weighted by Crippen LogP contribution is 2.38. The Bertz CT molecular complexity index is 729. The molecule has 0 amide bonds. The Morgan fingerprint density at radius 2 is 1.81 bits per heavy atom. The predicted molar refractivity (Wildman–Crippen MR) is 87.3 cm³/mol. The molecule has 1 aromatic carbocycles. The summed E-state index contributed by atoms with van der Waals surface area (Å²) < 4.78 is 0. The van der Waals surface area contributed by atoms with Gasteiger partial charge in [-0.3, -0.25) is 4.79 Å². The largest absolute Gasteiger partial charge is 0.390 e. The SMILES string of the molecule is Nc1sc2c(c1C(=O)c1ccc3c(c1)CCCC3)CCC2. The minimum atomic E-state index is 0.125. The number of nitrogen functional groups attached to an aromatic ring is 1. The first-order valence-corrected chi connectivity index (χ1v) is 8.62. The van der Waals surface area contributed by atoms with Crippen LogP contribution in [0.1, 0.15) is 56.8 Å². The molecule has 4 rings (SSSR count). The van der Waals surface area contributed by atoms with E-state index in [1.54, 1.807) is 11.3 Å². The predicted octanol–water partition coefficient (Wildman–Crippen LogP) is 3.93. The maximum atomic E-state index is 12.9. The standard InChI is InChI=1S/C18H19NOS/c19-18-16(14-6-3-7-15(14)21-18)17(20)13-9-8-11-4-1-2-5-12(11)10-13/h8-10H,1-7,19H2. The number of nitrogens with two attached hydrogens (primary N) is 1. The van der Waals surface area contributed by atoms with E-state index in [2.05, 4.69) is 12.1 Å². The molecule has 1 heterocycles. The molecule has 0 bridgehead atoms. The molecule has 0 saturated heterocycles. The molecule has 2 aliphatic carbocycles. The van der Waals surface area contributed by atoms with E-state index < -0.39 is 0 Å². The number of aryl methyl sites for hydroxylation is 3. The van der Waals surface area contributed by atoms with Crippen LogP contribution in [0, 0.1) is 0 Å². The number of hydrogen-bond acceptors (Lipinski definition) is 3. The number of thiophene rings is 1. The lowest BCUT2D eigenvalue weighted by Gasteiger charge is -2.16. The van der Waals surface area contributed by atoms with Crippen LogP contribution in [-0.4, -0.2) is 5.78 Å². The minimum Gasteiger partial charge on any atom is -0.390 e. The van der Waals surface area contributed by atoms with Crippen molar-refractivity contribution in [3.8, 4) is 0 Å². The number of carbonyl (C=O) groups is 1. The third kappa shape index (κ3) is 2.11. The van der Waals surface area contributed by atoms with Gasteiger partial charge in [-0.05, 0) is 67.7 Å². The smallest absolute Gasteiger partial charge is 0.196 e. The molecule has 0 saturated carbocycles. The van der Waals surface area contributed by atoms with Gasteiger partial charge in [0.1, 0.15) is 0 Å². The summed E-state index contributed by atoms with van der Waals surface area (Å²) in [6, 6.07) is 6.24. The van der Waals surface area contributed by atoms with E-state index >= 15 is 0 Å². The van der Waals surface area contributed by atoms with E-state index in [0.29, 0.717) is 5.00 Å². The monoisotopic (exact) mass is 297 g/mol. The lowest BCUT2D eigenvalue weighted by Crippen LogP contribution is -2.09. The molecule has 3 heteroatoms. The average molecular weight is 297 g/mol. The van der Waals surface area contributed by atoms with Crippen molar-refractivity contribution >= 4 is 22.1 Å². The van der Waals surface area contributed by atoms with Crippen LogP contribution in [-0.2, 0) is 25.7 Å². The van der Waals surface area contributed by atoms with Gasteiger partial charge in [-0.1, -0.05) is 12.1 Å². The molecule has 0 unspecified atom stereocenters. The molecule has 0 atom stereocenters. The van der Waals surface area contributed by atoms with Crippen molar-refractivity contribution in [3.63, 3.8) is 0 Å². The Kier molecular flexibility index (Phi) is 3.11. The first kappa shape index (κ1) is 13.1. The summed E-state index contributed by atoms with van der Waals surface area (Å²) in [6.45, 7) is 0. The third-order valence-electron chi connectivity index (χ3n) is 4.79. The maximum absolute atomic E-state index is 12.9. The molecule has 2 N–H and O–H groups in total. The molecule has 2 nitrogen and oxygen atoms in total. The second kappa shape index (κ2) is 4.99. The zero-order chi connectivity index (χ0) is 14.4. The zero-order valence-electron chi connectivity index (χ0n) is 12.1. The van der Waals surface area contributed by atoms with Crippen LogP contribution in [0.5, 0.6) is 0 Å². The zero-order valence-corrected chi connectivity index (χ0v) is 12.9. The molecule has 21 heavy (non-hydrogen) atoms. The summed E-state index contributed by atoms with van der Waals surface area (Å²) in [4.78, 5) is 14.2. The minimum absolute atomic E-state index is 0.125. The van der Waals surface area contributed by atoms with Crippen molar-refractivity contribution in [2.75, 3.05) is 5.73 Å². The van der Waals surface area contributed by atoms with Crippen molar-refractivity contribution in [1.29, 1.82) is 0 Å². The Labute approximate surface area is 129 Å². The summed E-state index contributed by atoms with van der Waals surface area (Å²) >= 11 is 1.61. The Morgan fingerprint density at radius 3 is 2.67 bits per heavy atom. The van der Waals surface area contributed by atoms with E-state index in [0.717, 1.165) is 43.2 Å². The van der Waals surface area contributed by atoms with Gasteiger partial charge >= 0.3 is 0 Å². The van der Waals surface area contributed by atoms with E-state index in [1.807, 2.05) is 6.07 Å². The normalized spacial score (nSPS) is 16.6. The van der Waals surface area contributed by atoms with Crippen LogP contribution >= 0.6 is 11.3 Å². The van der Waals surface area contributed by atoms with Crippen LogP contribution in [0.3, 0.4) is 0 Å². The number of hydrogen-bond donors (Lipinski definition) is 1. The molecule has 2 aliphatic rings. The van der Waals surface area contributed by atoms with Gasteiger partial charge in [-0.25, -0.2) is 0 Å². The van der Waals surface area contributed by atoms with Crippen LogP contribution in [0.2, 0.25) is 0 Å². The van der Waals surface area contributed by atoms with Crippen LogP contribution < -0.4 is 5.73 Å². The fraction of sp³-hybridized carbons (Fsp3) is 0.389. The number of carbonyl (C=O) groups excluding carboxylic acids is 1. The van der Waals surface area contributed by atoms with Crippen molar-refractivity contribution < 1.29 is 4.79 Å². The van der Waals surface area contributed by atoms with Gasteiger partial charge in [-0.2, -0.15) is 0 Å². The third-order valence-corrected chi connectivity index (χ3v) is 5.91. The molecular formula is C18H19NOS. The highest BCUT2D eigenvalue weighted by atomic mass is 32.1. The van der Waals surface area contributed by atoms with Gasteiger partial charge in [0.2, 0.25) is 0 Å². The molecule has 0 radical (unpaired) electrons. The Balaban J connectivity index is 1.75. The number of ketones is 1. The van der Waals surface area contributed by atoms with E-state index in [-0.39, 0.29) is 5.78 Å². The lowest BCUT2D eigenvalue weighted by molar-refractivity contribution is 0.103. The van der Waals surface area contributed by atoms with Gasteiger partial charge in [0.05, 0.1) is 10.6 Å². The topological polar surface area (TPSA) is 43.1 Å². The van der Waals surface area contributed by atoms with Crippen molar-refractivity contribution in [2.24, 2.45) is 0 Å². The first-order chi connectivity index (χ1) is 10.2. The average Bonchev–Trinajstić information content (AvgIpc) is 3.06. The highest BCUT2D eigenvalue weighted by molar-refractivity contribution is 7.16. The Morgan fingerprint density at radius 1 is 1.00 bits per heavy atom. The van der Waals surface area contributed by atoms with Crippen LogP contribution in [0.25, 0.3) is 0 Å². The van der Waals surface area contributed by atoms with E-state index in [9.17, 15) is 4.79 Å². The van der Waals surface area contributed by atoms with Gasteiger partial charge in [0.15, 0.2) is 5.78 Å². The molecule has 1 aromatic heterocycles. The first-order valence-electron chi connectivity index (χ1n) is 7.80. The second-order valence-electron chi connectivity index (χ2n) is 6.12. The summed E-state index contributed by atoms with van der Waals surface area (Å²) in [5.74, 6) is 0.125. The lowest BCUT2D eigenvalue weighted by atomic mass is 9.88. The fourth-order valence-corrected chi connectivity index (χ4v) is 4.85. The molecule has 2 aromatic rings. The van der Waals surface area contributed by atoms with Crippen LogP contribution in [0.15, 0.2) is 18.2 Å². The molecule has 0 fully saturated rings. The quantitative estimate of drug-likeness (QED) is 0.854. The number of benzene rings is 1. The van der Waals surface area contributed by atoms with Crippen LogP contribution in [0.4, 0.5) is 5.00 Å².